The molecule has 1 aliphatic heterocycles. The van der Waals surface area contributed by atoms with Gasteiger partial charge in [-0.15, -0.1) is 0 Å². The summed E-state index contributed by atoms with van der Waals surface area (Å²) in [7, 11) is 6.67. The fraction of sp³-hybridized carbons (Fsp3) is 0.333. The van der Waals surface area contributed by atoms with Crippen LogP contribution in [0.25, 0.3) is 10.9 Å². The van der Waals surface area contributed by atoms with E-state index in [4.69, 9.17) is 18.9 Å². The molecule has 0 saturated heterocycles. The SMILES string of the molecule is COc1cc2c(c(OC)c1)C(Cc1ccc(OC)c(OC)c1)N(CCCNC(=O)Nc1ccc3ccccc3n1)CC2. The third-order valence-corrected chi connectivity index (χ3v) is 7.72. The Morgan fingerprint density at radius 3 is 2.50 bits per heavy atom. The summed E-state index contributed by atoms with van der Waals surface area (Å²) in [4.78, 5) is 19.6. The van der Waals surface area contributed by atoms with Crippen LogP contribution < -0.4 is 29.6 Å². The number of amides is 2. The molecule has 2 N–H and O–H groups in total. The van der Waals surface area contributed by atoms with Gasteiger partial charge in [0, 0.05) is 42.7 Å². The number of hydrogen-bond acceptors (Lipinski definition) is 7. The lowest BCUT2D eigenvalue weighted by molar-refractivity contribution is 0.176. The number of benzene rings is 3. The standard InChI is InChI=1S/C33H38N4O5/c1-39-25-20-24-14-17-37(16-7-15-34-33(38)36-31-13-11-23-8-5-6-9-26(23)35-31)27(32(24)30(21-25)42-4)18-22-10-12-28(40-2)29(19-22)41-3/h5-6,8-13,19-21,27H,7,14-18H2,1-4H3,(H2,34,35,36,38). The lowest BCUT2D eigenvalue weighted by atomic mass is 9.87. The summed E-state index contributed by atoms with van der Waals surface area (Å²) < 4.78 is 22.4. The molecule has 0 bridgehead atoms. The van der Waals surface area contributed by atoms with Gasteiger partial charge >= 0.3 is 6.03 Å². The van der Waals surface area contributed by atoms with Crippen LogP contribution in [0, 0.1) is 0 Å². The Hall–Kier alpha value is -4.50. The molecular weight excluding hydrogens is 532 g/mol. The van der Waals surface area contributed by atoms with Gasteiger partial charge in [0.15, 0.2) is 11.5 Å². The van der Waals surface area contributed by atoms with Crippen molar-refractivity contribution in [2.75, 3.05) is 53.4 Å². The number of carbonyl (C=O) groups excluding carboxylic acids is 1. The molecule has 2 amide bonds. The molecule has 9 nitrogen and oxygen atoms in total. The number of ether oxygens (including phenoxy) is 4. The molecule has 220 valence electrons. The van der Waals surface area contributed by atoms with Crippen LogP contribution in [-0.2, 0) is 12.8 Å². The van der Waals surface area contributed by atoms with Gasteiger partial charge in [-0.05, 0) is 66.8 Å². The number of para-hydroxylation sites is 1. The maximum absolute atomic E-state index is 12.6. The van der Waals surface area contributed by atoms with E-state index >= 15 is 0 Å². The summed E-state index contributed by atoms with van der Waals surface area (Å²) in [5.41, 5.74) is 4.38. The van der Waals surface area contributed by atoms with E-state index in [9.17, 15) is 4.79 Å². The zero-order chi connectivity index (χ0) is 29.5. The van der Waals surface area contributed by atoms with E-state index in [1.165, 1.54) is 11.1 Å². The first-order valence-electron chi connectivity index (χ1n) is 14.1. The number of urea groups is 1. The molecule has 0 aliphatic carbocycles. The van der Waals surface area contributed by atoms with Gasteiger partial charge in [0.2, 0.25) is 0 Å². The van der Waals surface area contributed by atoms with E-state index in [2.05, 4.69) is 32.7 Å². The van der Waals surface area contributed by atoms with E-state index in [0.717, 1.165) is 60.3 Å². The van der Waals surface area contributed by atoms with Crippen LogP contribution >= 0.6 is 0 Å². The summed E-state index contributed by atoms with van der Waals surface area (Å²) in [6.07, 6.45) is 2.43. The third-order valence-electron chi connectivity index (χ3n) is 7.72. The molecule has 4 aromatic rings. The van der Waals surface area contributed by atoms with E-state index in [-0.39, 0.29) is 12.1 Å². The number of aromatic nitrogens is 1. The van der Waals surface area contributed by atoms with Crippen LogP contribution in [0.4, 0.5) is 10.6 Å². The average molecular weight is 571 g/mol. The van der Waals surface area contributed by atoms with Crippen LogP contribution in [0.2, 0.25) is 0 Å². The predicted octanol–water partition coefficient (Wildman–Crippen LogP) is 5.62. The number of carbonyl (C=O) groups is 1. The molecule has 2 heterocycles. The Kier molecular flexibility index (Phi) is 9.28. The zero-order valence-corrected chi connectivity index (χ0v) is 24.6. The Morgan fingerprint density at radius 1 is 0.905 bits per heavy atom. The largest absolute Gasteiger partial charge is 0.497 e. The summed E-state index contributed by atoms with van der Waals surface area (Å²) in [6.45, 7) is 2.22. The zero-order valence-electron chi connectivity index (χ0n) is 24.6. The van der Waals surface area contributed by atoms with Gasteiger partial charge in [-0.3, -0.25) is 10.2 Å². The van der Waals surface area contributed by atoms with Gasteiger partial charge < -0.3 is 24.3 Å². The van der Waals surface area contributed by atoms with Crippen LogP contribution in [-0.4, -0.2) is 64.0 Å². The number of methoxy groups -OCH3 is 4. The number of rotatable bonds is 11. The Bertz CT molecular complexity index is 1530. The Labute approximate surface area is 246 Å². The van der Waals surface area contributed by atoms with Crippen LogP contribution in [0.1, 0.15) is 29.2 Å². The molecule has 9 heteroatoms. The smallest absolute Gasteiger partial charge is 0.320 e. The van der Waals surface area contributed by atoms with Gasteiger partial charge in [-0.25, -0.2) is 9.78 Å². The second kappa shape index (κ2) is 13.4. The highest BCUT2D eigenvalue weighted by Crippen LogP contribution is 2.42. The Morgan fingerprint density at radius 2 is 1.71 bits per heavy atom. The lowest BCUT2D eigenvalue weighted by Gasteiger charge is -2.38. The fourth-order valence-corrected chi connectivity index (χ4v) is 5.64. The predicted molar refractivity (Wildman–Crippen MR) is 164 cm³/mol. The first-order valence-corrected chi connectivity index (χ1v) is 14.1. The molecule has 1 unspecified atom stereocenters. The van der Waals surface area contributed by atoms with E-state index in [1.807, 2.05) is 54.6 Å². The minimum atomic E-state index is -0.266. The number of nitrogens with zero attached hydrogens (tertiary/aromatic N) is 2. The molecule has 0 fully saturated rings. The highest BCUT2D eigenvalue weighted by Gasteiger charge is 2.31. The summed E-state index contributed by atoms with van der Waals surface area (Å²) in [6, 6.07) is 21.5. The van der Waals surface area contributed by atoms with Crippen molar-refractivity contribution in [1.29, 1.82) is 0 Å². The van der Waals surface area contributed by atoms with Crippen molar-refractivity contribution in [1.82, 2.24) is 15.2 Å². The number of anilines is 1. The topological polar surface area (TPSA) is 94.2 Å². The molecule has 42 heavy (non-hydrogen) atoms. The minimum absolute atomic E-state index is 0.0725. The highest BCUT2D eigenvalue weighted by atomic mass is 16.5. The molecule has 0 spiro atoms. The number of fused-ring (bicyclic) bond motifs is 2. The van der Waals surface area contributed by atoms with Crippen LogP contribution in [0.3, 0.4) is 0 Å². The van der Waals surface area contributed by atoms with Crippen LogP contribution in [0.15, 0.2) is 66.7 Å². The van der Waals surface area contributed by atoms with E-state index in [0.29, 0.717) is 23.9 Å². The van der Waals surface area contributed by atoms with E-state index in [1.54, 1.807) is 28.4 Å². The van der Waals surface area contributed by atoms with Gasteiger partial charge in [0.05, 0.1) is 34.0 Å². The van der Waals surface area contributed by atoms with Gasteiger partial charge in [0.25, 0.3) is 0 Å². The molecule has 3 aromatic carbocycles. The van der Waals surface area contributed by atoms with Gasteiger partial charge in [-0.1, -0.05) is 24.3 Å². The molecule has 0 saturated carbocycles. The summed E-state index contributed by atoms with van der Waals surface area (Å²) in [5, 5.41) is 6.86. The second-order valence-electron chi connectivity index (χ2n) is 10.2. The monoisotopic (exact) mass is 570 g/mol. The third kappa shape index (κ3) is 6.52. The maximum atomic E-state index is 12.6. The fourth-order valence-electron chi connectivity index (χ4n) is 5.64. The Balaban J connectivity index is 1.27. The maximum Gasteiger partial charge on any atom is 0.320 e. The van der Waals surface area contributed by atoms with Crippen molar-refractivity contribution >= 4 is 22.8 Å². The first-order chi connectivity index (χ1) is 20.5. The van der Waals surface area contributed by atoms with Crippen LogP contribution in [0.5, 0.6) is 23.0 Å². The lowest BCUT2D eigenvalue weighted by Crippen LogP contribution is -2.39. The van der Waals surface area contributed by atoms with Gasteiger partial charge in [0.1, 0.15) is 17.3 Å². The number of nitrogens with one attached hydrogen (secondary N) is 2. The number of hydrogen-bond donors (Lipinski definition) is 2. The van der Waals surface area contributed by atoms with Gasteiger partial charge in [-0.2, -0.15) is 0 Å². The second-order valence-corrected chi connectivity index (χ2v) is 10.2. The normalized spacial score (nSPS) is 14.6. The van der Waals surface area contributed by atoms with Crippen molar-refractivity contribution in [3.05, 3.63) is 83.4 Å². The quantitative estimate of drug-likeness (QED) is 0.226. The molecule has 0 radical (unpaired) electrons. The molecular formula is C33H38N4O5. The average Bonchev–Trinajstić information content (AvgIpc) is 3.02. The molecule has 5 rings (SSSR count). The summed E-state index contributed by atoms with van der Waals surface area (Å²) in [5.74, 6) is 3.54. The minimum Gasteiger partial charge on any atom is -0.497 e. The van der Waals surface area contributed by atoms with Crippen molar-refractivity contribution < 1.29 is 23.7 Å². The highest BCUT2D eigenvalue weighted by molar-refractivity contribution is 5.90. The first kappa shape index (κ1) is 29.0. The summed E-state index contributed by atoms with van der Waals surface area (Å²) >= 11 is 0. The van der Waals surface area contributed by atoms with E-state index < -0.39 is 0 Å². The number of pyridine rings is 1. The van der Waals surface area contributed by atoms with Crippen molar-refractivity contribution in [3.8, 4) is 23.0 Å². The van der Waals surface area contributed by atoms with Crippen molar-refractivity contribution in [3.63, 3.8) is 0 Å². The molecule has 1 aromatic heterocycles. The van der Waals surface area contributed by atoms with Crippen molar-refractivity contribution in [2.24, 2.45) is 0 Å². The molecule has 1 atom stereocenters. The van der Waals surface area contributed by atoms with Crippen molar-refractivity contribution in [2.45, 2.75) is 25.3 Å². The molecule has 1 aliphatic rings.